The molecule has 0 bridgehead atoms. The number of rotatable bonds is 4. The molecule has 188 valence electrons. The molecule has 1 atom stereocenters. The van der Waals surface area contributed by atoms with E-state index in [9.17, 15) is 14.4 Å². The van der Waals surface area contributed by atoms with Gasteiger partial charge in [0.25, 0.3) is 0 Å². The minimum Gasteiger partial charge on any atom is -0.467 e. The largest absolute Gasteiger partial charge is 0.467 e. The monoisotopic (exact) mass is 486 g/mol. The van der Waals surface area contributed by atoms with Crippen LogP contribution in [0, 0.1) is 5.41 Å². The van der Waals surface area contributed by atoms with E-state index in [1.54, 1.807) is 25.7 Å². The maximum absolute atomic E-state index is 13.1. The molecule has 2 aliphatic rings. The summed E-state index contributed by atoms with van der Waals surface area (Å²) < 4.78 is 4.85. The predicted molar refractivity (Wildman–Crippen MR) is 142 cm³/mol. The van der Waals surface area contributed by atoms with Crippen molar-refractivity contribution in [1.29, 1.82) is 0 Å². The van der Waals surface area contributed by atoms with Gasteiger partial charge in [0.1, 0.15) is 6.04 Å². The molecule has 1 unspecified atom stereocenters. The molecule has 0 aromatic heterocycles. The van der Waals surface area contributed by atoms with Gasteiger partial charge in [-0.2, -0.15) is 0 Å². The fourth-order valence-corrected chi connectivity index (χ4v) is 4.74. The third kappa shape index (κ3) is 5.43. The number of piperidine rings is 1. The molecule has 4 rings (SSSR count). The lowest BCUT2D eigenvalue weighted by Gasteiger charge is -2.32. The molecule has 2 aromatic rings. The van der Waals surface area contributed by atoms with Crippen LogP contribution in [0.25, 0.3) is 17.7 Å². The summed E-state index contributed by atoms with van der Waals surface area (Å²) in [4.78, 5) is 39.7. The number of amides is 2. The number of hydrogen-bond donors (Lipinski definition) is 1. The first kappa shape index (κ1) is 25.4. The van der Waals surface area contributed by atoms with Gasteiger partial charge in [0.05, 0.1) is 13.5 Å². The summed E-state index contributed by atoms with van der Waals surface area (Å²) in [5.74, 6) is -1.07. The van der Waals surface area contributed by atoms with Crippen LogP contribution in [0.2, 0.25) is 0 Å². The van der Waals surface area contributed by atoms with Crippen LogP contribution in [0.4, 0.5) is 0 Å². The average molecular weight is 487 g/mol. The fraction of sp³-hybridized carbons (Fsp3) is 0.367. The lowest BCUT2D eigenvalue weighted by Crippen LogP contribution is -2.49. The Hall–Kier alpha value is -3.67. The van der Waals surface area contributed by atoms with E-state index in [1.165, 1.54) is 40.5 Å². The standard InChI is InChI=1S/C30H34N2O4/c1-30(2,3)29(35)31-25(28(34)36-4)19-26(33)32-17-15-22(16-18-32)27-23-11-7-5-9-20(23)13-14-21-10-6-8-12-24(21)27/h5-14,25H,15-19H2,1-4H3,(H,31,35). The summed E-state index contributed by atoms with van der Waals surface area (Å²) in [6.07, 6.45) is 5.72. The molecule has 2 amide bonds. The van der Waals surface area contributed by atoms with Gasteiger partial charge < -0.3 is 15.0 Å². The third-order valence-electron chi connectivity index (χ3n) is 6.83. The molecule has 1 saturated heterocycles. The summed E-state index contributed by atoms with van der Waals surface area (Å²) in [5.41, 5.74) is 6.70. The first-order chi connectivity index (χ1) is 17.2. The second kappa shape index (κ2) is 10.5. The highest BCUT2D eigenvalue weighted by Gasteiger charge is 2.32. The molecule has 1 fully saturated rings. The minimum absolute atomic E-state index is 0.115. The van der Waals surface area contributed by atoms with Crippen molar-refractivity contribution >= 4 is 35.5 Å². The second-order valence-electron chi connectivity index (χ2n) is 10.4. The lowest BCUT2D eigenvalue weighted by atomic mass is 9.86. The van der Waals surface area contributed by atoms with Crippen molar-refractivity contribution in [2.24, 2.45) is 5.41 Å². The Morgan fingerprint density at radius 2 is 1.44 bits per heavy atom. The SMILES string of the molecule is COC(=O)C(CC(=O)N1CCC(=C2c3ccccc3C=Cc3ccccc32)CC1)NC(=O)C(C)(C)C. The quantitative estimate of drug-likeness (QED) is 0.543. The van der Waals surface area contributed by atoms with Gasteiger partial charge in [-0.25, -0.2) is 4.79 Å². The van der Waals surface area contributed by atoms with Crippen molar-refractivity contribution in [3.05, 3.63) is 76.4 Å². The van der Waals surface area contributed by atoms with Crippen LogP contribution in [-0.4, -0.2) is 48.9 Å². The third-order valence-corrected chi connectivity index (χ3v) is 6.83. The summed E-state index contributed by atoms with van der Waals surface area (Å²) >= 11 is 0. The highest BCUT2D eigenvalue weighted by atomic mass is 16.5. The van der Waals surface area contributed by atoms with E-state index >= 15 is 0 Å². The van der Waals surface area contributed by atoms with E-state index in [4.69, 9.17) is 4.74 Å². The minimum atomic E-state index is -0.999. The van der Waals surface area contributed by atoms with Crippen LogP contribution in [-0.2, 0) is 19.1 Å². The summed E-state index contributed by atoms with van der Waals surface area (Å²) in [5, 5.41) is 2.69. The number of methoxy groups -OCH3 is 1. The highest BCUT2D eigenvalue weighted by molar-refractivity contribution is 5.95. The topological polar surface area (TPSA) is 75.7 Å². The van der Waals surface area contributed by atoms with Gasteiger partial charge in [-0.1, -0.05) is 87.0 Å². The molecule has 0 saturated carbocycles. The molecule has 6 heteroatoms. The Labute approximate surface area is 213 Å². The maximum atomic E-state index is 13.1. The zero-order valence-electron chi connectivity index (χ0n) is 21.5. The van der Waals surface area contributed by atoms with Gasteiger partial charge >= 0.3 is 5.97 Å². The molecule has 2 aromatic carbocycles. The summed E-state index contributed by atoms with van der Waals surface area (Å²) in [6, 6.07) is 15.8. The maximum Gasteiger partial charge on any atom is 0.328 e. The van der Waals surface area contributed by atoms with Gasteiger partial charge in [0, 0.05) is 18.5 Å². The number of carbonyl (C=O) groups is 3. The number of ether oxygens (including phenoxy) is 1. The molecule has 1 N–H and O–H groups in total. The van der Waals surface area contributed by atoms with Gasteiger partial charge in [-0.3, -0.25) is 9.59 Å². The lowest BCUT2D eigenvalue weighted by molar-refractivity contribution is -0.149. The molecule has 0 spiro atoms. The fourth-order valence-electron chi connectivity index (χ4n) is 4.74. The number of nitrogens with zero attached hydrogens (tertiary/aromatic N) is 1. The Kier molecular flexibility index (Phi) is 7.43. The average Bonchev–Trinajstić information content (AvgIpc) is 3.04. The molecule has 1 aliphatic carbocycles. The normalized spacial score (nSPS) is 15.9. The Bertz CT molecular complexity index is 1170. The molecule has 6 nitrogen and oxygen atoms in total. The molecule has 1 aliphatic heterocycles. The van der Waals surface area contributed by atoms with E-state index in [-0.39, 0.29) is 18.2 Å². The molecular formula is C30H34N2O4. The van der Waals surface area contributed by atoms with Crippen molar-refractivity contribution in [2.45, 2.75) is 46.1 Å². The van der Waals surface area contributed by atoms with Crippen LogP contribution >= 0.6 is 0 Å². The van der Waals surface area contributed by atoms with Gasteiger partial charge in [-0.15, -0.1) is 0 Å². The number of likely N-dealkylation sites (tertiary alicyclic amines) is 1. The molecule has 1 heterocycles. The van der Waals surface area contributed by atoms with E-state index in [1.807, 2.05) is 0 Å². The number of nitrogens with one attached hydrogen (secondary N) is 1. The summed E-state index contributed by atoms with van der Waals surface area (Å²) in [6.45, 7) is 6.42. The number of fused-ring (bicyclic) bond motifs is 2. The highest BCUT2D eigenvalue weighted by Crippen LogP contribution is 2.38. The van der Waals surface area contributed by atoms with E-state index in [0.717, 1.165) is 12.8 Å². The summed E-state index contributed by atoms with van der Waals surface area (Å²) in [7, 11) is 1.26. The zero-order chi connectivity index (χ0) is 25.9. The van der Waals surface area contributed by atoms with Gasteiger partial charge in [0.2, 0.25) is 11.8 Å². The van der Waals surface area contributed by atoms with Crippen LogP contribution in [0.15, 0.2) is 54.1 Å². The molecule has 0 radical (unpaired) electrons. The zero-order valence-corrected chi connectivity index (χ0v) is 21.5. The van der Waals surface area contributed by atoms with Crippen LogP contribution in [0.5, 0.6) is 0 Å². The van der Waals surface area contributed by atoms with Crippen molar-refractivity contribution in [1.82, 2.24) is 10.2 Å². The van der Waals surface area contributed by atoms with E-state index < -0.39 is 17.4 Å². The van der Waals surface area contributed by atoms with Crippen LogP contribution in [0.1, 0.15) is 62.3 Å². The Morgan fingerprint density at radius 3 is 1.94 bits per heavy atom. The predicted octanol–water partition coefficient (Wildman–Crippen LogP) is 4.69. The molecular weight excluding hydrogens is 452 g/mol. The van der Waals surface area contributed by atoms with Crippen molar-refractivity contribution in [3.63, 3.8) is 0 Å². The van der Waals surface area contributed by atoms with Gasteiger partial charge in [0.15, 0.2) is 0 Å². The number of carbonyl (C=O) groups excluding carboxylic acids is 3. The number of esters is 1. The van der Waals surface area contributed by atoms with Crippen molar-refractivity contribution in [2.75, 3.05) is 20.2 Å². The Balaban J connectivity index is 1.53. The van der Waals surface area contributed by atoms with Gasteiger partial charge in [-0.05, 0) is 40.7 Å². The van der Waals surface area contributed by atoms with Crippen LogP contribution in [0.3, 0.4) is 0 Å². The number of benzene rings is 2. The first-order valence-corrected chi connectivity index (χ1v) is 12.4. The van der Waals surface area contributed by atoms with E-state index in [0.29, 0.717) is 13.1 Å². The smallest absolute Gasteiger partial charge is 0.328 e. The van der Waals surface area contributed by atoms with Crippen LogP contribution < -0.4 is 5.32 Å². The number of hydrogen-bond acceptors (Lipinski definition) is 4. The Morgan fingerprint density at radius 1 is 0.917 bits per heavy atom. The molecule has 36 heavy (non-hydrogen) atoms. The van der Waals surface area contributed by atoms with Crippen molar-refractivity contribution in [3.8, 4) is 0 Å². The second-order valence-corrected chi connectivity index (χ2v) is 10.4. The first-order valence-electron chi connectivity index (χ1n) is 12.4. The van der Waals surface area contributed by atoms with Crippen molar-refractivity contribution < 1.29 is 19.1 Å². The van der Waals surface area contributed by atoms with E-state index in [2.05, 4.69) is 66.0 Å².